The highest BCUT2D eigenvalue weighted by atomic mass is 16.5. The first-order valence-corrected chi connectivity index (χ1v) is 7.41. The lowest BCUT2D eigenvalue weighted by Gasteiger charge is -2.29. The number of anilines is 1. The maximum absolute atomic E-state index is 5.66. The van der Waals surface area contributed by atoms with Crippen molar-refractivity contribution in [1.82, 2.24) is 10.3 Å². The van der Waals surface area contributed by atoms with E-state index in [2.05, 4.69) is 62.1 Å². The van der Waals surface area contributed by atoms with Crippen molar-refractivity contribution in [2.75, 3.05) is 18.6 Å². The van der Waals surface area contributed by atoms with Crippen molar-refractivity contribution in [3.8, 4) is 0 Å². The van der Waals surface area contributed by atoms with Gasteiger partial charge in [-0.2, -0.15) is 0 Å². The number of aromatic nitrogens is 1. The standard InChI is InChI=1S/C16H27N3O/c1-12-15(7-9-20-12)19(5)14-6-8-17-13(10-14)11-18-16(2,3)4/h6,8,10,12,15,18H,7,9,11H2,1-5H3. The molecule has 0 bridgehead atoms. The van der Waals surface area contributed by atoms with E-state index in [9.17, 15) is 0 Å². The van der Waals surface area contributed by atoms with Gasteiger partial charge in [0.25, 0.3) is 0 Å². The lowest BCUT2D eigenvalue weighted by molar-refractivity contribution is 0.118. The number of hydrogen-bond donors (Lipinski definition) is 1. The van der Waals surface area contributed by atoms with Crippen LogP contribution in [0.5, 0.6) is 0 Å². The van der Waals surface area contributed by atoms with Crippen LogP contribution in [0.3, 0.4) is 0 Å². The molecule has 20 heavy (non-hydrogen) atoms. The molecule has 1 fully saturated rings. The predicted molar refractivity (Wildman–Crippen MR) is 83.1 cm³/mol. The van der Waals surface area contributed by atoms with Gasteiger partial charge in [0.1, 0.15) is 0 Å². The topological polar surface area (TPSA) is 37.4 Å². The zero-order valence-corrected chi connectivity index (χ0v) is 13.3. The van der Waals surface area contributed by atoms with E-state index in [0.29, 0.717) is 12.1 Å². The molecule has 1 saturated heterocycles. The van der Waals surface area contributed by atoms with Crippen LogP contribution in [0.2, 0.25) is 0 Å². The number of hydrogen-bond acceptors (Lipinski definition) is 4. The Bertz CT molecular complexity index is 442. The molecular formula is C16H27N3O. The summed E-state index contributed by atoms with van der Waals surface area (Å²) in [4.78, 5) is 6.77. The van der Waals surface area contributed by atoms with Gasteiger partial charge in [-0.3, -0.25) is 4.98 Å². The van der Waals surface area contributed by atoms with Crippen LogP contribution in [-0.4, -0.2) is 36.3 Å². The molecule has 0 amide bonds. The number of pyridine rings is 1. The SMILES string of the molecule is CC1OCCC1N(C)c1ccnc(CNC(C)(C)C)c1. The van der Waals surface area contributed by atoms with Crippen LogP contribution in [0.25, 0.3) is 0 Å². The van der Waals surface area contributed by atoms with E-state index >= 15 is 0 Å². The van der Waals surface area contributed by atoms with Gasteiger partial charge in [0.2, 0.25) is 0 Å². The lowest BCUT2D eigenvalue weighted by Crippen LogP contribution is -2.37. The molecule has 4 nitrogen and oxygen atoms in total. The van der Waals surface area contributed by atoms with E-state index in [1.165, 1.54) is 5.69 Å². The Morgan fingerprint density at radius 2 is 2.20 bits per heavy atom. The number of nitrogens with zero attached hydrogens (tertiary/aromatic N) is 2. The fourth-order valence-corrected chi connectivity index (χ4v) is 2.56. The molecule has 2 heterocycles. The number of likely N-dealkylation sites (N-methyl/N-ethyl adjacent to an activating group) is 1. The zero-order valence-electron chi connectivity index (χ0n) is 13.3. The molecule has 1 aromatic heterocycles. The summed E-state index contributed by atoms with van der Waals surface area (Å²) in [6, 6.07) is 4.70. The second-order valence-corrected chi connectivity index (χ2v) is 6.65. The van der Waals surface area contributed by atoms with Crippen LogP contribution in [0, 0.1) is 0 Å². The first-order chi connectivity index (χ1) is 9.37. The molecule has 1 aliphatic rings. The molecule has 4 heteroatoms. The van der Waals surface area contributed by atoms with E-state index in [0.717, 1.165) is 25.3 Å². The van der Waals surface area contributed by atoms with Crippen molar-refractivity contribution >= 4 is 5.69 Å². The molecular weight excluding hydrogens is 250 g/mol. The maximum Gasteiger partial charge on any atom is 0.0750 e. The van der Waals surface area contributed by atoms with Crippen LogP contribution >= 0.6 is 0 Å². The first-order valence-electron chi connectivity index (χ1n) is 7.41. The molecule has 112 valence electrons. The quantitative estimate of drug-likeness (QED) is 0.918. The lowest BCUT2D eigenvalue weighted by atomic mass is 10.1. The van der Waals surface area contributed by atoms with Crippen molar-refractivity contribution in [3.05, 3.63) is 24.0 Å². The maximum atomic E-state index is 5.66. The van der Waals surface area contributed by atoms with Gasteiger partial charge in [-0.25, -0.2) is 0 Å². The Morgan fingerprint density at radius 3 is 2.80 bits per heavy atom. The number of nitrogens with one attached hydrogen (secondary N) is 1. The van der Waals surface area contributed by atoms with Crippen LogP contribution in [0.1, 0.15) is 39.8 Å². The van der Waals surface area contributed by atoms with Crippen LogP contribution < -0.4 is 10.2 Å². The van der Waals surface area contributed by atoms with Crippen molar-refractivity contribution in [2.24, 2.45) is 0 Å². The summed E-state index contributed by atoms with van der Waals surface area (Å²) in [5.74, 6) is 0. The highest BCUT2D eigenvalue weighted by molar-refractivity contribution is 5.47. The molecule has 1 aliphatic heterocycles. The number of rotatable bonds is 4. The second-order valence-electron chi connectivity index (χ2n) is 6.65. The summed E-state index contributed by atoms with van der Waals surface area (Å²) in [7, 11) is 2.14. The first kappa shape index (κ1) is 15.3. The van der Waals surface area contributed by atoms with Gasteiger partial charge in [0.15, 0.2) is 0 Å². The van der Waals surface area contributed by atoms with Crippen LogP contribution in [0.4, 0.5) is 5.69 Å². The van der Waals surface area contributed by atoms with Crippen molar-refractivity contribution in [1.29, 1.82) is 0 Å². The third-order valence-corrected chi connectivity index (χ3v) is 3.84. The second kappa shape index (κ2) is 6.10. The smallest absolute Gasteiger partial charge is 0.0750 e. The van der Waals surface area contributed by atoms with E-state index in [4.69, 9.17) is 4.74 Å². The van der Waals surface area contributed by atoms with Gasteiger partial charge in [-0.1, -0.05) is 0 Å². The van der Waals surface area contributed by atoms with Crippen LogP contribution in [0.15, 0.2) is 18.3 Å². The summed E-state index contributed by atoms with van der Waals surface area (Å²) in [5.41, 5.74) is 2.40. The van der Waals surface area contributed by atoms with Gasteiger partial charge >= 0.3 is 0 Å². The van der Waals surface area contributed by atoms with Crippen molar-refractivity contribution < 1.29 is 4.74 Å². The molecule has 2 atom stereocenters. The van der Waals surface area contributed by atoms with Gasteiger partial charge in [-0.05, 0) is 46.2 Å². The third kappa shape index (κ3) is 3.93. The Balaban J connectivity index is 2.05. The normalized spacial score (nSPS) is 23.1. The Morgan fingerprint density at radius 1 is 1.45 bits per heavy atom. The summed E-state index contributed by atoms with van der Waals surface area (Å²) in [6.45, 7) is 10.3. The minimum atomic E-state index is 0.109. The van der Waals surface area contributed by atoms with E-state index in [1.807, 2.05) is 6.20 Å². The predicted octanol–water partition coefficient (Wildman–Crippen LogP) is 2.58. The Hall–Kier alpha value is -1.13. The third-order valence-electron chi connectivity index (χ3n) is 3.84. The Labute approximate surface area is 122 Å². The molecule has 0 radical (unpaired) electrons. The summed E-state index contributed by atoms with van der Waals surface area (Å²) in [6.07, 6.45) is 3.28. The van der Waals surface area contributed by atoms with E-state index in [1.54, 1.807) is 0 Å². The van der Waals surface area contributed by atoms with Gasteiger partial charge in [0, 0.05) is 37.6 Å². The highest BCUT2D eigenvalue weighted by Gasteiger charge is 2.28. The zero-order chi connectivity index (χ0) is 14.8. The summed E-state index contributed by atoms with van der Waals surface area (Å²) < 4.78 is 5.66. The minimum absolute atomic E-state index is 0.109. The monoisotopic (exact) mass is 277 g/mol. The average Bonchev–Trinajstić information content (AvgIpc) is 2.81. The highest BCUT2D eigenvalue weighted by Crippen LogP contribution is 2.24. The van der Waals surface area contributed by atoms with E-state index in [-0.39, 0.29) is 5.54 Å². The minimum Gasteiger partial charge on any atom is -0.376 e. The molecule has 0 spiro atoms. The fraction of sp³-hybridized carbons (Fsp3) is 0.688. The summed E-state index contributed by atoms with van der Waals surface area (Å²) in [5, 5.41) is 3.48. The molecule has 1 aromatic rings. The average molecular weight is 277 g/mol. The van der Waals surface area contributed by atoms with Gasteiger partial charge in [0.05, 0.1) is 17.8 Å². The van der Waals surface area contributed by atoms with Crippen molar-refractivity contribution in [2.45, 2.75) is 58.3 Å². The van der Waals surface area contributed by atoms with Gasteiger partial charge < -0.3 is 15.0 Å². The Kier molecular flexibility index (Phi) is 4.66. The molecule has 1 N–H and O–H groups in total. The fourth-order valence-electron chi connectivity index (χ4n) is 2.56. The van der Waals surface area contributed by atoms with Gasteiger partial charge in [-0.15, -0.1) is 0 Å². The largest absolute Gasteiger partial charge is 0.376 e. The summed E-state index contributed by atoms with van der Waals surface area (Å²) >= 11 is 0. The van der Waals surface area contributed by atoms with Crippen molar-refractivity contribution in [3.63, 3.8) is 0 Å². The number of ether oxygens (including phenoxy) is 1. The van der Waals surface area contributed by atoms with Crippen LogP contribution in [-0.2, 0) is 11.3 Å². The molecule has 0 aliphatic carbocycles. The van der Waals surface area contributed by atoms with E-state index < -0.39 is 0 Å². The molecule has 2 unspecified atom stereocenters. The molecule has 2 rings (SSSR count). The molecule has 0 aromatic carbocycles. The molecule has 0 saturated carbocycles.